The molecule has 0 amide bonds. The zero-order valence-corrected chi connectivity index (χ0v) is 15.5. The molecular formula is C15H20Br2N4. The van der Waals surface area contributed by atoms with E-state index in [9.17, 15) is 0 Å². The van der Waals surface area contributed by atoms with Crippen LogP contribution >= 0.6 is 31.9 Å². The quantitative estimate of drug-likeness (QED) is 0.641. The molecule has 0 atom stereocenters. The molecule has 0 N–H and O–H groups in total. The second-order valence-corrected chi connectivity index (χ2v) is 7.01. The van der Waals surface area contributed by atoms with Gasteiger partial charge in [0.25, 0.3) is 0 Å². The lowest BCUT2D eigenvalue weighted by atomic mass is 9.81. The third kappa shape index (κ3) is 4.13. The van der Waals surface area contributed by atoms with Gasteiger partial charge >= 0.3 is 0 Å². The first-order chi connectivity index (χ1) is 10.1. The van der Waals surface area contributed by atoms with E-state index in [2.05, 4.69) is 61.2 Å². The summed E-state index contributed by atoms with van der Waals surface area (Å²) in [4.78, 5) is 0. The summed E-state index contributed by atoms with van der Waals surface area (Å²) >= 11 is 7.36. The Kier molecular flexibility index (Phi) is 5.93. The predicted octanol–water partition coefficient (Wildman–Crippen LogP) is 4.03. The number of para-hydroxylation sites is 1. The van der Waals surface area contributed by atoms with Gasteiger partial charge in [0.1, 0.15) is 0 Å². The Labute approximate surface area is 142 Å². The zero-order valence-electron chi connectivity index (χ0n) is 12.3. The lowest BCUT2D eigenvalue weighted by Crippen LogP contribution is -2.31. The highest BCUT2D eigenvalue weighted by molar-refractivity contribution is 9.09. The molecule has 0 saturated carbocycles. The molecule has 2 aromatic rings. The first kappa shape index (κ1) is 16.6. The second-order valence-electron chi connectivity index (χ2n) is 5.88. The average Bonchev–Trinajstić information content (AvgIpc) is 2.95. The lowest BCUT2D eigenvalue weighted by Gasteiger charge is -2.31. The standard InChI is InChI=1S/C15H20Br2N4/c1-12(2)8-15(10-16,11-17)9-14-18-19-20-21(14)13-6-4-3-5-7-13/h3-7,12H,8-11H2,1-2H3. The SMILES string of the molecule is CC(C)CC(CBr)(CBr)Cc1nnnn1-c1ccccc1. The summed E-state index contributed by atoms with van der Waals surface area (Å²) < 4.78 is 1.83. The van der Waals surface area contributed by atoms with Gasteiger partial charge in [-0.2, -0.15) is 4.68 Å². The van der Waals surface area contributed by atoms with Crippen LogP contribution in [0, 0.1) is 11.3 Å². The third-order valence-corrected chi connectivity index (χ3v) is 5.86. The van der Waals surface area contributed by atoms with Gasteiger partial charge in [0.05, 0.1) is 5.69 Å². The summed E-state index contributed by atoms with van der Waals surface area (Å²) in [5, 5.41) is 14.1. The van der Waals surface area contributed by atoms with E-state index in [-0.39, 0.29) is 5.41 Å². The first-order valence-electron chi connectivity index (χ1n) is 7.05. The molecule has 1 aromatic carbocycles. The van der Waals surface area contributed by atoms with Crippen LogP contribution in [0.2, 0.25) is 0 Å². The van der Waals surface area contributed by atoms with E-state index >= 15 is 0 Å². The number of nitrogens with zero attached hydrogens (tertiary/aromatic N) is 4. The predicted molar refractivity (Wildman–Crippen MR) is 92.3 cm³/mol. The van der Waals surface area contributed by atoms with E-state index in [1.54, 1.807) is 0 Å². The largest absolute Gasteiger partial charge is 0.197 e. The van der Waals surface area contributed by atoms with Gasteiger partial charge < -0.3 is 0 Å². The Balaban J connectivity index is 2.29. The van der Waals surface area contributed by atoms with Gasteiger partial charge in [-0.3, -0.25) is 0 Å². The van der Waals surface area contributed by atoms with Crippen LogP contribution in [0.3, 0.4) is 0 Å². The highest BCUT2D eigenvalue weighted by atomic mass is 79.9. The summed E-state index contributed by atoms with van der Waals surface area (Å²) in [6.07, 6.45) is 1.95. The fourth-order valence-corrected chi connectivity index (χ4v) is 4.38. The molecule has 0 radical (unpaired) electrons. The number of hydrogen-bond acceptors (Lipinski definition) is 3. The van der Waals surface area contributed by atoms with E-state index in [4.69, 9.17) is 0 Å². The Morgan fingerprint density at radius 2 is 1.81 bits per heavy atom. The van der Waals surface area contributed by atoms with Crippen LogP contribution in [0.1, 0.15) is 26.1 Å². The van der Waals surface area contributed by atoms with Crippen LogP contribution in [0.5, 0.6) is 0 Å². The average molecular weight is 416 g/mol. The molecule has 0 aliphatic rings. The van der Waals surface area contributed by atoms with Gasteiger partial charge in [0, 0.05) is 17.1 Å². The van der Waals surface area contributed by atoms with Crippen LogP contribution < -0.4 is 0 Å². The van der Waals surface area contributed by atoms with Crippen molar-refractivity contribution in [2.75, 3.05) is 10.7 Å². The summed E-state index contributed by atoms with van der Waals surface area (Å²) in [5.74, 6) is 1.53. The molecule has 0 saturated heterocycles. The van der Waals surface area contributed by atoms with Crippen LogP contribution in [-0.4, -0.2) is 30.9 Å². The van der Waals surface area contributed by atoms with Crippen molar-refractivity contribution in [2.24, 2.45) is 11.3 Å². The summed E-state index contributed by atoms with van der Waals surface area (Å²) in [5.41, 5.74) is 1.12. The Hall–Kier alpha value is -0.750. The van der Waals surface area contributed by atoms with Crippen molar-refractivity contribution in [3.05, 3.63) is 36.2 Å². The number of hydrogen-bond donors (Lipinski definition) is 0. The summed E-state index contributed by atoms with van der Waals surface area (Å²) in [7, 11) is 0. The van der Waals surface area contributed by atoms with Crippen molar-refractivity contribution in [1.29, 1.82) is 0 Å². The molecule has 0 fully saturated rings. The fraction of sp³-hybridized carbons (Fsp3) is 0.533. The molecular weight excluding hydrogens is 396 g/mol. The molecule has 1 aromatic heterocycles. The number of alkyl halides is 2. The molecule has 0 unspecified atom stereocenters. The minimum Gasteiger partial charge on any atom is -0.197 e. The summed E-state index contributed by atoms with van der Waals surface area (Å²) in [6.45, 7) is 4.50. The van der Waals surface area contributed by atoms with Crippen LogP contribution in [0.15, 0.2) is 30.3 Å². The van der Waals surface area contributed by atoms with E-state index in [0.717, 1.165) is 35.0 Å². The van der Waals surface area contributed by atoms with Gasteiger partial charge in [0.15, 0.2) is 5.82 Å². The molecule has 6 heteroatoms. The second kappa shape index (κ2) is 7.49. The zero-order chi connectivity index (χ0) is 15.3. The first-order valence-corrected chi connectivity index (χ1v) is 9.29. The molecule has 0 bridgehead atoms. The van der Waals surface area contributed by atoms with Gasteiger partial charge in [-0.1, -0.05) is 63.9 Å². The van der Waals surface area contributed by atoms with Crippen molar-refractivity contribution in [2.45, 2.75) is 26.7 Å². The topological polar surface area (TPSA) is 43.6 Å². The van der Waals surface area contributed by atoms with E-state index in [1.165, 1.54) is 0 Å². The third-order valence-electron chi connectivity index (χ3n) is 3.48. The normalized spacial score (nSPS) is 12.0. The molecule has 114 valence electrons. The number of benzene rings is 1. The number of aromatic nitrogens is 4. The minimum atomic E-state index is 0.120. The number of tetrazole rings is 1. The Morgan fingerprint density at radius 1 is 1.14 bits per heavy atom. The molecule has 0 aliphatic carbocycles. The van der Waals surface area contributed by atoms with E-state index in [0.29, 0.717) is 5.92 Å². The van der Waals surface area contributed by atoms with Crippen molar-refractivity contribution >= 4 is 31.9 Å². The highest BCUT2D eigenvalue weighted by Gasteiger charge is 2.31. The highest BCUT2D eigenvalue weighted by Crippen LogP contribution is 2.34. The smallest absolute Gasteiger partial charge is 0.157 e. The van der Waals surface area contributed by atoms with Crippen LogP contribution in [0.25, 0.3) is 5.69 Å². The maximum absolute atomic E-state index is 4.24. The Bertz CT molecular complexity index is 550. The molecule has 4 nitrogen and oxygen atoms in total. The lowest BCUT2D eigenvalue weighted by molar-refractivity contribution is 0.297. The fourth-order valence-electron chi connectivity index (χ4n) is 2.60. The van der Waals surface area contributed by atoms with Crippen molar-refractivity contribution < 1.29 is 0 Å². The van der Waals surface area contributed by atoms with Gasteiger partial charge in [-0.05, 0) is 40.3 Å². The van der Waals surface area contributed by atoms with Crippen molar-refractivity contribution in [3.8, 4) is 5.69 Å². The van der Waals surface area contributed by atoms with Crippen molar-refractivity contribution in [1.82, 2.24) is 20.2 Å². The van der Waals surface area contributed by atoms with Crippen LogP contribution in [-0.2, 0) is 6.42 Å². The monoisotopic (exact) mass is 414 g/mol. The van der Waals surface area contributed by atoms with Gasteiger partial charge in [0.2, 0.25) is 0 Å². The molecule has 1 heterocycles. The van der Waals surface area contributed by atoms with E-state index in [1.807, 2.05) is 35.0 Å². The minimum absolute atomic E-state index is 0.120. The maximum atomic E-state index is 4.24. The van der Waals surface area contributed by atoms with E-state index < -0.39 is 0 Å². The molecule has 0 spiro atoms. The number of rotatable bonds is 7. The maximum Gasteiger partial charge on any atom is 0.157 e. The van der Waals surface area contributed by atoms with Crippen molar-refractivity contribution in [3.63, 3.8) is 0 Å². The van der Waals surface area contributed by atoms with Gasteiger partial charge in [-0.15, -0.1) is 5.10 Å². The number of halogens is 2. The van der Waals surface area contributed by atoms with Crippen LogP contribution in [0.4, 0.5) is 0 Å². The molecule has 21 heavy (non-hydrogen) atoms. The Morgan fingerprint density at radius 3 is 2.38 bits per heavy atom. The summed E-state index contributed by atoms with van der Waals surface area (Å²) in [6, 6.07) is 10.0. The molecule has 2 rings (SSSR count). The molecule has 0 aliphatic heterocycles. The van der Waals surface area contributed by atoms with Gasteiger partial charge in [-0.25, -0.2) is 0 Å².